The van der Waals surface area contributed by atoms with Crippen molar-refractivity contribution >= 4 is 33.3 Å². The van der Waals surface area contributed by atoms with Crippen molar-refractivity contribution in [2.45, 2.75) is 39.8 Å². The highest BCUT2D eigenvalue weighted by atomic mass is 79.9. The fourth-order valence-corrected chi connectivity index (χ4v) is 5.20. The summed E-state index contributed by atoms with van der Waals surface area (Å²) in [4.78, 5) is 6.99. The number of nitrogens with zero attached hydrogens (tertiary/aromatic N) is 3. The largest absolute Gasteiger partial charge is 0.352 e. The van der Waals surface area contributed by atoms with Crippen LogP contribution in [-0.4, -0.2) is 26.1 Å². The molecule has 1 N–H and O–H groups in total. The van der Waals surface area contributed by atoms with Crippen LogP contribution in [0.2, 0.25) is 0 Å². The molecule has 0 radical (unpaired) electrons. The fraction of sp³-hybridized carbons (Fsp3) is 0.333. The van der Waals surface area contributed by atoms with Gasteiger partial charge in [0, 0.05) is 28.6 Å². The molecule has 0 saturated carbocycles. The van der Waals surface area contributed by atoms with Gasteiger partial charge in [0.05, 0.1) is 23.5 Å². The summed E-state index contributed by atoms with van der Waals surface area (Å²) < 4.78 is 3.41. The molecule has 0 aliphatic carbocycles. The molecule has 156 valence electrons. The average molecular weight is 483 g/mol. The van der Waals surface area contributed by atoms with Crippen molar-refractivity contribution < 1.29 is 0 Å². The molecular weight excluding hydrogens is 456 g/mol. The molecule has 1 aliphatic heterocycles. The highest BCUT2D eigenvalue weighted by Crippen LogP contribution is 2.42. The van der Waals surface area contributed by atoms with Crippen LogP contribution in [0.5, 0.6) is 0 Å². The standard InChI is InChI=1S/C24H27BrN4S/c1-15(2)14-28-23(22(27-24(28)30)20-10-7-8-12-26-20)18-13-16(3)29(17(18)4)21-11-6-5-9-19(21)25/h5-13,15,22-23H,14H2,1-4H3,(H,27,30)/t22-,23-/m0/s1. The number of thiocarbonyl (C=S) groups is 1. The van der Waals surface area contributed by atoms with Gasteiger partial charge in [-0.25, -0.2) is 0 Å². The number of para-hydroxylation sites is 1. The van der Waals surface area contributed by atoms with Gasteiger partial charge in [-0.2, -0.15) is 0 Å². The molecule has 2 atom stereocenters. The second kappa shape index (κ2) is 8.52. The van der Waals surface area contributed by atoms with Gasteiger partial charge in [0.2, 0.25) is 0 Å². The van der Waals surface area contributed by atoms with Crippen molar-refractivity contribution in [2.75, 3.05) is 6.54 Å². The Balaban J connectivity index is 1.85. The molecule has 0 bridgehead atoms. The summed E-state index contributed by atoms with van der Waals surface area (Å²) >= 11 is 9.51. The fourth-order valence-electron chi connectivity index (χ4n) is 4.42. The number of halogens is 1. The van der Waals surface area contributed by atoms with E-state index in [2.05, 4.69) is 93.7 Å². The molecule has 4 rings (SSSR count). The first-order valence-corrected chi connectivity index (χ1v) is 11.5. The molecule has 2 aromatic heterocycles. The number of pyridine rings is 1. The van der Waals surface area contributed by atoms with E-state index < -0.39 is 0 Å². The van der Waals surface area contributed by atoms with Gasteiger partial charge < -0.3 is 14.8 Å². The highest BCUT2D eigenvalue weighted by Gasteiger charge is 2.41. The topological polar surface area (TPSA) is 33.1 Å². The normalized spacial score (nSPS) is 18.9. The van der Waals surface area contributed by atoms with Gasteiger partial charge in [-0.1, -0.05) is 32.0 Å². The van der Waals surface area contributed by atoms with E-state index in [-0.39, 0.29) is 12.1 Å². The van der Waals surface area contributed by atoms with E-state index in [4.69, 9.17) is 12.2 Å². The highest BCUT2D eigenvalue weighted by molar-refractivity contribution is 9.10. The number of rotatable bonds is 5. The van der Waals surface area contributed by atoms with Crippen molar-refractivity contribution in [1.29, 1.82) is 0 Å². The monoisotopic (exact) mass is 482 g/mol. The molecular formula is C24H27BrN4S. The predicted molar refractivity (Wildman–Crippen MR) is 130 cm³/mol. The van der Waals surface area contributed by atoms with E-state index in [1.807, 2.05) is 24.4 Å². The van der Waals surface area contributed by atoms with E-state index in [0.29, 0.717) is 5.92 Å². The summed E-state index contributed by atoms with van der Waals surface area (Å²) in [5.74, 6) is 0.501. The lowest BCUT2D eigenvalue weighted by Gasteiger charge is -2.29. The first kappa shape index (κ1) is 21.1. The first-order chi connectivity index (χ1) is 14.4. The molecule has 1 saturated heterocycles. The van der Waals surface area contributed by atoms with Crippen LogP contribution in [0.25, 0.3) is 5.69 Å². The smallest absolute Gasteiger partial charge is 0.170 e. The quantitative estimate of drug-likeness (QED) is 0.460. The lowest BCUT2D eigenvalue weighted by atomic mass is 9.96. The van der Waals surface area contributed by atoms with E-state index >= 15 is 0 Å². The van der Waals surface area contributed by atoms with Gasteiger partial charge in [0.1, 0.15) is 0 Å². The molecule has 0 amide bonds. The zero-order valence-electron chi connectivity index (χ0n) is 17.8. The lowest BCUT2D eigenvalue weighted by Crippen LogP contribution is -2.33. The number of aryl methyl sites for hydroxylation is 1. The lowest BCUT2D eigenvalue weighted by molar-refractivity contribution is 0.287. The minimum absolute atomic E-state index is 0.0191. The third-order valence-electron chi connectivity index (χ3n) is 5.64. The summed E-state index contributed by atoms with van der Waals surface area (Å²) in [5.41, 5.74) is 5.88. The molecule has 1 aliphatic rings. The molecule has 1 fully saturated rings. The van der Waals surface area contributed by atoms with Gasteiger partial charge in [-0.15, -0.1) is 0 Å². The maximum absolute atomic E-state index is 5.78. The maximum Gasteiger partial charge on any atom is 0.170 e. The van der Waals surface area contributed by atoms with E-state index in [1.165, 1.54) is 17.0 Å². The van der Waals surface area contributed by atoms with Crippen molar-refractivity contribution in [3.63, 3.8) is 0 Å². The van der Waals surface area contributed by atoms with E-state index in [1.54, 1.807) is 0 Å². The summed E-state index contributed by atoms with van der Waals surface area (Å²) in [6.07, 6.45) is 1.85. The molecule has 0 spiro atoms. The van der Waals surface area contributed by atoms with Crippen molar-refractivity contribution in [2.24, 2.45) is 5.92 Å². The molecule has 6 heteroatoms. The Bertz CT molecular complexity index is 1060. The number of hydrogen-bond donors (Lipinski definition) is 1. The number of nitrogens with one attached hydrogen (secondary N) is 1. The average Bonchev–Trinajstić information content (AvgIpc) is 3.18. The van der Waals surface area contributed by atoms with Crippen molar-refractivity contribution in [1.82, 2.24) is 19.8 Å². The van der Waals surface area contributed by atoms with Gasteiger partial charge in [0.15, 0.2) is 5.11 Å². The second-order valence-electron chi connectivity index (χ2n) is 8.29. The van der Waals surface area contributed by atoms with Gasteiger partial charge >= 0.3 is 0 Å². The van der Waals surface area contributed by atoms with Crippen LogP contribution in [0.3, 0.4) is 0 Å². The van der Waals surface area contributed by atoms with Crippen LogP contribution in [0, 0.1) is 19.8 Å². The zero-order valence-corrected chi connectivity index (χ0v) is 20.2. The van der Waals surface area contributed by atoms with Crippen molar-refractivity contribution in [3.05, 3.63) is 81.8 Å². The Morgan fingerprint density at radius 2 is 1.87 bits per heavy atom. The van der Waals surface area contributed by atoms with Crippen LogP contribution in [0.4, 0.5) is 0 Å². The van der Waals surface area contributed by atoms with Gasteiger partial charge in [-0.3, -0.25) is 4.98 Å². The first-order valence-electron chi connectivity index (χ1n) is 10.3. The molecule has 3 aromatic rings. The summed E-state index contributed by atoms with van der Waals surface area (Å²) in [6.45, 7) is 9.74. The van der Waals surface area contributed by atoms with Crippen LogP contribution < -0.4 is 5.32 Å². The molecule has 0 unspecified atom stereocenters. The van der Waals surface area contributed by atoms with Gasteiger partial charge in [0.25, 0.3) is 0 Å². The molecule has 4 nitrogen and oxygen atoms in total. The SMILES string of the molecule is Cc1cc([C@H]2[C@H](c3ccccn3)NC(=S)N2CC(C)C)c(C)n1-c1ccccc1Br. The number of aromatic nitrogens is 2. The minimum atomic E-state index is 0.0191. The zero-order chi connectivity index (χ0) is 21.4. The summed E-state index contributed by atoms with van der Waals surface area (Å²) in [5, 5.41) is 4.36. The Morgan fingerprint density at radius 3 is 2.53 bits per heavy atom. The summed E-state index contributed by atoms with van der Waals surface area (Å²) in [7, 11) is 0. The third-order valence-corrected chi connectivity index (χ3v) is 6.66. The molecule has 1 aromatic carbocycles. The predicted octanol–water partition coefficient (Wildman–Crippen LogP) is 5.88. The number of benzene rings is 1. The maximum atomic E-state index is 5.78. The Hall–Kier alpha value is -2.18. The number of hydrogen-bond acceptors (Lipinski definition) is 2. The Labute approximate surface area is 192 Å². The van der Waals surface area contributed by atoms with Gasteiger partial charge in [-0.05, 0) is 83.8 Å². The molecule has 30 heavy (non-hydrogen) atoms. The van der Waals surface area contributed by atoms with Crippen LogP contribution in [-0.2, 0) is 0 Å². The molecule has 3 heterocycles. The van der Waals surface area contributed by atoms with E-state index in [0.717, 1.165) is 27.5 Å². The third kappa shape index (κ3) is 3.79. The Kier molecular flexibility index (Phi) is 5.98. The van der Waals surface area contributed by atoms with Crippen LogP contribution >= 0.6 is 28.1 Å². The van der Waals surface area contributed by atoms with Crippen LogP contribution in [0.1, 0.15) is 48.6 Å². The minimum Gasteiger partial charge on any atom is -0.352 e. The van der Waals surface area contributed by atoms with Crippen LogP contribution in [0.15, 0.2) is 59.2 Å². The van der Waals surface area contributed by atoms with E-state index in [9.17, 15) is 0 Å². The Morgan fingerprint density at radius 1 is 1.13 bits per heavy atom. The summed E-state index contributed by atoms with van der Waals surface area (Å²) in [6, 6.07) is 16.8. The second-order valence-corrected chi connectivity index (χ2v) is 9.53. The van der Waals surface area contributed by atoms with Crippen molar-refractivity contribution in [3.8, 4) is 5.69 Å².